The lowest BCUT2D eigenvalue weighted by atomic mass is 10.2. The molecule has 0 spiro atoms. The molecule has 2 amide bonds. The molecular weight excluding hydrogens is 340 g/mol. The maximum atomic E-state index is 13.5. The maximum Gasteiger partial charge on any atom is 0.314 e. The van der Waals surface area contributed by atoms with Gasteiger partial charge < -0.3 is 15.4 Å². The molecule has 2 aromatic rings. The summed E-state index contributed by atoms with van der Waals surface area (Å²) in [5.74, 6) is -4.73. The van der Waals surface area contributed by atoms with Crippen molar-refractivity contribution in [3.63, 3.8) is 0 Å². The molecule has 0 fully saturated rings. The average Bonchev–Trinajstić information content (AvgIpc) is 2.58. The molecule has 0 aromatic heterocycles. The lowest BCUT2D eigenvalue weighted by molar-refractivity contribution is -0.384. The molecule has 25 heavy (non-hydrogen) atoms. The van der Waals surface area contributed by atoms with Crippen LogP contribution >= 0.6 is 0 Å². The van der Waals surface area contributed by atoms with E-state index in [9.17, 15) is 28.5 Å². The van der Waals surface area contributed by atoms with Crippen molar-refractivity contribution in [3.8, 4) is 5.75 Å². The molecule has 10 heteroatoms. The van der Waals surface area contributed by atoms with Gasteiger partial charge in [-0.2, -0.15) is 0 Å². The number of methoxy groups -OCH3 is 1. The zero-order chi connectivity index (χ0) is 18.6. The Kier molecular flexibility index (Phi) is 5.22. The molecular formula is C15H11F2N3O5. The van der Waals surface area contributed by atoms with Gasteiger partial charge in [-0.1, -0.05) is 6.07 Å². The van der Waals surface area contributed by atoms with Crippen molar-refractivity contribution in [2.75, 3.05) is 17.7 Å². The van der Waals surface area contributed by atoms with E-state index in [0.717, 1.165) is 36.4 Å². The van der Waals surface area contributed by atoms with Crippen molar-refractivity contribution in [2.45, 2.75) is 0 Å². The Hall–Kier alpha value is -3.56. The topological polar surface area (TPSA) is 111 Å². The minimum absolute atomic E-state index is 0.0257. The molecule has 0 heterocycles. The Morgan fingerprint density at radius 3 is 2.24 bits per heavy atom. The van der Waals surface area contributed by atoms with Gasteiger partial charge in [-0.25, -0.2) is 8.78 Å². The number of rotatable bonds is 4. The van der Waals surface area contributed by atoms with E-state index in [1.807, 2.05) is 5.32 Å². The van der Waals surface area contributed by atoms with Crippen molar-refractivity contribution in [1.29, 1.82) is 0 Å². The molecule has 0 atom stereocenters. The molecule has 2 N–H and O–H groups in total. The summed E-state index contributed by atoms with van der Waals surface area (Å²) in [7, 11) is 1.21. The van der Waals surface area contributed by atoms with Crippen LogP contribution in [0.2, 0.25) is 0 Å². The van der Waals surface area contributed by atoms with Crippen molar-refractivity contribution >= 4 is 28.9 Å². The molecule has 0 saturated carbocycles. The Morgan fingerprint density at radius 1 is 1.08 bits per heavy atom. The molecule has 0 radical (unpaired) electrons. The lowest BCUT2D eigenvalue weighted by Crippen LogP contribution is -2.30. The van der Waals surface area contributed by atoms with Crippen LogP contribution in [0.15, 0.2) is 36.4 Å². The predicted octanol–water partition coefficient (Wildman–Crippen LogP) is 2.46. The van der Waals surface area contributed by atoms with Crippen LogP contribution in [0.4, 0.5) is 25.8 Å². The smallest absolute Gasteiger partial charge is 0.314 e. The fourth-order valence-electron chi connectivity index (χ4n) is 1.86. The van der Waals surface area contributed by atoms with Crippen molar-refractivity contribution < 1.29 is 28.0 Å². The summed E-state index contributed by atoms with van der Waals surface area (Å²) in [4.78, 5) is 33.7. The Balaban J connectivity index is 2.16. The van der Waals surface area contributed by atoms with Crippen molar-refractivity contribution in [1.82, 2.24) is 0 Å². The Labute approximate surface area is 139 Å². The number of amides is 2. The van der Waals surface area contributed by atoms with E-state index in [-0.39, 0.29) is 17.1 Å². The largest absolute Gasteiger partial charge is 0.494 e. The molecule has 0 saturated heterocycles. The number of ether oxygens (including phenoxy) is 1. The number of carbonyl (C=O) groups is 2. The second-order valence-electron chi connectivity index (χ2n) is 4.65. The molecule has 2 aromatic carbocycles. The average molecular weight is 351 g/mol. The summed E-state index contributed by atoms with van der Waals surface area (Å²) >= 11 is 0. The number of carbonyl (C=O) groups excluding carboxylic acids is 2. The van der Waals surface area contributed by atoms with Crippen LogP contribution in [0.1, 0.15) is 0 Å². The van der Waals surface area contributed by atoms with Crippen LogP contribution in [0.3, 0.4) is 0 Å². The third kappa shape index (κ3) is 4.05. The van der Waals surface area contributed by atoms with E-state index in [1.54, 1.807) is 0 Å². The van der Waals surface area contributed by atoms with Gasteiger partial charge in [0.2, 0.25) is 0 Å². The first kappa shape index (κ1) is 17.8. The van der Waals surface area contributed by atoms with E-state index in [4.69, 9.17) is 4.74 Å². The van der Waals surface area contributed by atoms with E-state index in [1.165, 1.54) is 7.11 Å². The number of non-ortho nitro benzene ring substituents is 1. The number of hydrogen-bond acceptors (Lipinski definition) is 5. The zero-order valence-corrected chi connectivity index (χ0v) is 12.7. The maximum absolute atomic E-state index is 13.5. The van der Waals surface area contributed by atoms with E-state index >= 15 is 0 Å². The number of nitro benzene ring substituents is 1. The highest BCUT2D eigenvalue weighted by Crippen LogP contribution is 2.29. The summed E-state index contributed by atoms with van der Waals surface area (Å²) in [5, 5.41) is 14.7. The van der Waals surface area contributed by atoms with Gasteiger partial charge in [0.25, 0.3) is 5.69 Å². The van der Waals surface area contributed by atoms with Crippen LogP contribution in [-0.4, -0.2) is 23.8 Å². The molecule has 0 bridgehead atoms. The van der Waals surface area contributed by atoms with Crippen LogP contribution in [0.5, 0.6) is 5.75 Å². The highest BCUT2D eigenvalue weighted by atomic mass is 19.1. The van der Waals surface area contributed by atoms with Crippen molar-refractivity contribution in [2.24, 2.45) is 0 Å². The molecule has 0 aliphatic carbocycles. The van der Waals surface area contributed by atoms with Crippen LogP contribution in [0, 0.1) is 21.7 Å². The highest BCUT2D eigenvalue weighted by Gasteiger charge is 2.20. The first-order valence-electron chi connectivity index (χ1n) is 6.72. The SMILES string of the molecule is COc1cc([N+](=O)[O-])ccc1NC(=O)C(=O)Nc1c(F)cccc1F. The number of benzene rings is 2. The molecule has 0 unspecified atom stereocenters. The zero-order valence-electron chi connectivity index (χ0n) is 12.7. The number of halogens is 2. The molecule has 0 aliphatic rings. The summed E-state index contributed by atoms with van der Waals surface area (Å²) in [6.45, 7) is 0. The Morgan fingerprint density at radius 2 is 1.68 bits per heavy atom. The number of nitrogens with one attached hydrogen (secondary N) is 2. The number of hydrogen-bond donors (Lipinski definition) is 2. The third-order valence-corrected chi connectivity index (χ3v) is 3.05. The summed E-state index contributed by atoms with van der Waals surface area (Å²) in [6, 6.07) is 6.22. The van der Waals surface area contributed by atoms with Gasteiger partial charge in [0.05, 0.1) is 23.8 Å². The summed E-state index contributed by atoms with van der Waals surface area (Å²) in [6.07, 6.45) is 0. The van der Waals surface area contributed by atoms with Crippen molar-refractivity contribution in [3.05, 3.63) is 58.1 Å². The number of nitrogens with zero attached hydrogens (tertiary/aromatic N) is 1. The first-order chi connectivity index (χ1) is 11.8. The second-order valence-corrected chi connectivity index (χ2v) is 4.65. The Bertz CT molecular complexity index is 837. The molecule has 0 aliphatic heterocycles. The molecule has 2 rings (SSSR count). The number of anilines is 2. The molecule has 130 valence electrons. The van der Waals surface area contributed by atoms with Gasteiger partial charge in [0.1, 0.15) is 23.1 Å². The second kappa shape index (κ2) is 7.34. The normalized spacial score (nSPS) is 10.0. The van der Waals surface area contributed by atoms with Gasteiger partial charge >= 0.3 is 11.8 Å². The summed E-state index contributed by atoms with van der Waals surface area (Å²) < 4.78 is 31.8. The van der Waals surface area contributed by atoms with Gasteiger partial charge in [0.15, 0.2) is 0 Å². The van der Waals surface area contributed by atoms with Gasteiger partial charge in [-0.15, -0.1) is 0 Å². The third-order valence-electron chi connectivity index (χ3n) is 3.05. The standard InChI is InChI=1S/C15H11F2N3O5/c1-25-12-7-8(20(23)24)5-6-11(12)18-14(21)15(22)19-13-9(16)3-2-4-10(13)17/h2-7H,1H3,(H,18,21)(H,19,22). The fourth-order valence-corrected chi connectivity index (χ4v) is 1.86. The minimum atomic E-state index is -1.33. The quantitative estimate of drug-likeness (QED) is 0.499. The van der Waals surface area contributed by atoms with E-state index in [0.29, 0.717) is 0 Å². The first-order valence-corrected chi connectivity index (χ1v) is 6.72. The summed E-state index contributed by atoms with van der Waals surface area (Å²) in [5.41, 5.74) is -1.08. The minimum Gasteiger partial charge on any atom is -0.494 e. The van der Waals surface area contributed by atoms with Crippen LogP contribution in [0.25, 0.3) is 0 Å². The number of para-hydroxylation sites is 1. The molecule has 8 nitrogen and oxygen atoms in total. The predicted molar refractivity (Wildman–Crippen MR) is 83.3 cm³/mol. The van der Waals surface area contributed by atoms with Gasteiger partial charge in [-0.3, -0.25) is 19.7 Å². The van der Waals surface area contributed by atoms with Gasteiger partial charge in [-0.05, 0) is 18.2 Å². The van der Waals surface area contributed by atoms with E-state index in [2.05, 4.69) is 5.32 Å². The van der Waals surface area contributed by atoms with Gasteiger partial charge in [0, 0.05) is 6.07 Å². The van der Waals surface area contributed by atoms with Crippen LogP contribution < -0.4 is 15.4 Å². The highest BCUT2D eigenvalue weighted by molar-refractivity contribution is 6.43. The van der Waals surface area contributed by atoms with Crippen LogP contribution in [-0.2, 0) is 9.59 Å². The monoisotopic (exact) mass is 351 g/mol. The number of nitro groups is 1. The lowest BCUT2D eigenvalue weighted by Gasteiger charge is -2.10. The van der Waals surface area contributed by atoms with E-state index < -0.39 is 34.1 Å². The fraction of sp³-hybridized carbons (Fsp3) is 0.0667.